The van der Waals surface area contributed by atoms with Gasteiger partial charge in [-0.1, -0.05) is 29.3 Å². The Kier molecular flexibility index (Phi) is 5.19. The molecule has 0 fully saturated rings. The maximum absolute atomic E-state index is 11.7. The molecule has 2 N–H and O–H groups in total. The van der Waals surface area contributed by atoms with Crippen LogP contribution in [0.15, 0.2) is 24.3 Å². The Hall–Kier alpha value is -2.05. The summed E-state index contributed by atoms with van der Waals surface area (Å²) in [6.07, 6.45) is 2.91. The van der Waals surface area contributed by atoms with Crippen molar-refractivity contribution < 1.29 is 9.53 Å². The van der Waals surface area contributed by atoms with Gasteiger partial charge in [-0.05, 0) is 30.7 Å². The predicted octanol–water partition coefficient (Wildman–Crippen LogP) is 3.16. The van der Waals surface area contributed by atoms with Crippen LogP contribution >= 0.6 is 23.2 Å². The molecule has 110 valence electrons. The van der Waals surface area contributed by atoms with E-state index in [0.717, 1.165) is 0 Å². The van der Waals surface area contributed by atoms with Crippen LogP contribution < -0.4 is 10.1 Å². The van der Waals surface area contributed by atoms with Crippen molar-refractivity contribution >= 4 is 41.1 Å². The molecule has 0 aliphatic carbocycles. The number of H-pyrrole nitrogens is 1. The molecule has 8 heteroatoms. The summed E-state index contributed by atoms with van der Waals surface area (Å²) in [5, 5.41) is 9.83. The average molecular weight is 327 g/mol. The molecule has 6 nitrogen and oxygen atoms in total. The topological polar surface area (TPSA) is 79.9 Å². The maximum Gasteiger partial charge on any atom is 0.337 e. The number of rotatable bonds is 5. The summed E-state index contributed by atoms with van der Waals surface area (Å²) in [4.78, 5) is 15.7. The third kappa shape index (κ3) is 4.47. The van der Waals surface area contributed by atoms with Crippen molar-refractivity contribution in [2.24, 2.45) is 0 Å². The minimum Gasteiger partial charge on any atom is -0.463 e. The van der Waals surface area contributed by atoms with Crippen LogP contribution in [0.4, 0.5) is 5.95 Å². The second kappa shape index (κ2) is 7.10. The molecule has 0 radical (unpaired) electrons. The summed E-state index contributed by atoms with van der Waals surface area (Å²) in [5.74, 6) is -0.171. The van der Waals surface area contributed by atoms with E-state index >= 15 is 0 Å². The molecular formula is C13H12Cl2N4O2. The highest BCUT2D eigenvalue weighted by atomic mass is 35.5. The van der Waals surface area contributed by atoms with Gasteiger partial charge in [0, 0.05) is 16.1 Å². The fraction of sp³-hybridized carbons (Fsp3) is 0.154. The number of aromatic nitrogens is 3. The fourth-order valence-electron chi connectivity index (χ4n) is 1.46. The van der Waals surface area contributed by atoms with Gasteiger partial charge >= 0.3 is 6.01 Å². The van der Waals surface area contributed by atoms with Crippen molar-refractivity contribution in [2.75, 3.05) is 11.9 Å². The van der Waals surface area contributed by atoms with E-state index in [1.54, 1.807) is 24.3 Å². The Morgan fingerprint density at radius 3 is 3.00 bits per heavy atom. The molecule has 21 heavy (non-hydrogen) atoms. The zero-order chi connectivity index (χ0) is 15.2. The second-order valence-electron chi connectivity index (χ2n) is 3.89. The maximum atomic E-state index is 11.7. The number of ether oxygens (including phenoxy) is 1. The summed E-state index contributed by atoms with van der Waals surface area (Å²) in [5.41, 5.74) is 0.684. The fourth-order valence-corrected chi connectivity index (χ4v) is 1.93. The summed E-state index contributed by atoms with van der Waals surface area (Å²) < 4.78 is 5.07. The molecule has 2 rings (SSSR count). The Labute approximate surface area is 131 Å². The Morgan fingerprint density at radius 2 is 2.29 bits per heavy atom. The first-order valence-electron chi connectivity index (χ1n) is 6.08. The number of nitrogens with zero attached hydrogens (tertiary/aromatic N) is 2. The number of hydrogen-bond acceptors (Lipinski definition) is 4. The summed E-state index contributed by atoms with van der Waals surface area (Å²) in [6, 6.07) is 5.19. The number of hydrogen-bond donors (Lipinski definition) is 2. The lowest BCUT2D eigenvalue weighted by atomic mass is 10.2. The van der Waals surface area contributed by atoms with E-state index in [-0.39, 0.29) is 17.9 Å². The van der Waals surface area contributed by atoms with Crippen LogP contribution in [-0.2, 0) is 4.79 Å². The molecule has 0 spiro atoms. The SMILES string of the molecule is CCOc1n[nH]c(NC(=O)/C=C/c2ccc(Cl)cc2Cl)n1. The lowest BCUT2D eigenvalue weighted by Crippen LogP contribution is -2.09. The molecule has 0 aliphatic heterocycles. The first-order chi connectivity index (χ1) is 10.1. The van der Waals surface area contributed by atoms with E-state index in [0.29, 0.717) is 22.2 Å². The number of benzene rings is 1. The molecule has 1 heterocycles. The van der Waals surface area contributed by atoms with Gasteiger partial charge in [0.25, 0.3) is 5.91 Å². The number of aromatic amines is 1. The second-order valence-corrected chi connectivity index (χ2v) is 4.73. The minimum atomic E-state index is -0.375. The molecule has 0 atom stereocenters. The highest BCUT2D eigenvalue weighted by Crippen LogP contribution is 2.21. The van der Waals surface area contributed by atoms with Crippen molar-refractivity contribution in [2.45, 2.75) is 6.92 Å². The zero-order valence-electron chi connectivity index (χ0n) is 11.1. The number of carbonyl (C=O) groups is 1. The quantitative estimate of drug-likeness (QED) is 0.827. The van der Waals surface area contributed by atoms with Crippen molar-refractivity contribution in [1.29, 1.82) is 0 Å². The average Bonchev–Trinajstić information content (AvgIpc) is 2.85. The standard InChI is InChI=1S/C13H12Cl2N4O2/c1-2-21-13-17-12(18-19-13)16-11(20)6-4-8-3-5-9(14)7-10(8)15/h3-7H,2H2,1H3,(H2,16,17,18,19,20)/b6-4+. The molecule has 0 saturated heterocycles. The van der Waals surface area contributed by atoms with E-state index in [9.17, 15) is 4.79 Å². The lowest BCUT2D eigenvalue weighted by Gasteiger charge is -1.99. The summed E-state index contributed by atoms with van der Waals surface area (Å²) in [7, 11) is 0. The van der Waals surface area contributed by atoms with E-state index in [1.807, 2.05) is 6.92 Å². The summed E-state index contributed by atoms with van der Waals surface area (Å²) in [6.45, 7) is 2.26. The minimum absolute atomic E-state index is 0.178. The largest absolute Gasteiger partial charge is 0.463 e. The van der Waals surface area contributed by atoms with Crippen molar-refractivity contribution in [1.82, 2.24) is 15.2 Å². The van der Waals surface area contributed by atoms with Crippen LogP contribution in [0.5, 0.6) is 6.01 Å². The molecule has 1 amide bonds. The first-order valence-corrected chi connectivity index (χ1v) is 6.83. The molecule has 0 aliphatic rings. The molecule has 1 aromatic heterocycles. The molecule has 0 bridgehead atoms. The van der Waals surface area contributed by atoms with E-state index in [2.05, 4.69) is 20.5 Å². The highest BCUT2D eigenvalue weighted by molar-refractivity contribution is 6.35. The van der Waals surface area contributed by atoms with Crippen LogP contribution in [0.2, 0.25) is 10.0 Å². The third-order valence-corrected chi connectivity index (χ3v) is 2.92. The van der Waals surface area contributed by atoms with E-state index in [4.69, 9.17) is 27.9 Å². The first kappa shape index (κ1) is 15.3. The molecule has 0 saturated carbocycles. The number of carbonyl (C=O) groups excluding carboxylic acids is 1. The van der Waals surface area contributed by atoms with E-state index in [1.165, 1.54) is 6.08 Å². The number of amides is 1. The Bertz CT molecular complexity index is 670. The number of anilines is 1. The van der Waals surface area contributed by atoms with Gasteiger partial charge in [-0.15, -0.1) is 5.10 Å². The van der Waals surface area contributed by atoms with Crippen molar-refractivity contribution in [3.8, 4) is 6.01 Å². The predicted molar refractivity (Wildman–Crippen MR) is 81.7 cm³/mol. The van der Waals surface area contributed by atoms with Gasteiger partial charge in [-0.25, -0.2) is 5.10 Å². The van der Waals surface area contributed by atoms with Gasteiger partial charge in [0.2, 0.25) is 5.95 Å². The van der Waals surface area contributed by atoms with Crippen LogP contribution in [0.3, 0.4) is 0 Å². The van der Waals surface area contributed by atoms with Gasteiger partial charge in [-0.2, -0.15) is 4.98 Å². The smallest absolute Gasteiger partial charge is 0.337 e. The van der Waals surface area contributed by atoms with Gasteiger partial charge in [0.05, 0.1) is 6.61 Å². The van der Waals surface area contributed by atoms with Gasteiger partial charge in [0.15, 0.2) is 0 Å². The molecular weight excluding hydrogens is 315 g/mol. The molecule has 1 aromatic carbocycles. The zero-order valence-corrected chi connectivity index (χ0v) is 12.6. The van der Waals surface area contributed by atoms with E-state index < -0.39 is 0 Å². The number of halogens is 2. The Morgan fingerprint density at radius 1 is 1.48 bits per heavy atom. The molecule has 2 aromatic rings. The van der Waals surface area contributed by atoms with Crippen molar-refractivity contribution in [3.63, 3.8) is 0 Å². The van der Waals surface area contributed by atoms with Crippen molar-refractivity contribution in [3.05, 3.63) is 39.9 Å². The van der Waals surface area contributed by atoms with Crippen LogP contribution in [-0.4, -0.2) is 27.7 Å². The lowest BCUT2D eigenvalue weighted by molar-refractivity contribution is -0.111. The number of nitrogens with one attached hydrogen (secondary N) is 2. The van der Waals surface area contributed by atoms with Gasteiger partial charge in [-0.3, -0.25) is 10.1 Å². The summed E-state index contributed by atoms with van der Waals surface area (Å²) >= 11 is 11.8. The Balaban J connectivity index is 1.98. The highest BCUT2D eigenvalue weighted by Gasteiger charge is 2.05. The van der Waals surface area contributed by atoms with Gasteiger partial charge in [0.1, 0.15) is 0 Å². The third-order valence-electron chi connectivity index (χ3n) is 2.36. The normalized spacial score (nSPS) is 10.8. The van der Waals surface area contributed by atoms with Crippen LogP contribution in [0.25, 0.3) is 6.08 Å². The monoisotopic (exact) mass is 326 g/mol. The van der Waals surface area contributed by atoms with Crippen LogP contribution in [0.1, 0.15) is 12.5 Å². The molecule has 0 unspecified atom stereocenters. The van der Waals surface area contributed by atoms with Crippen LogP contribution in [0, 0.1) is 0 Å². The van der Waals surface area contributed by atoms with Gasteiger partial charge < -0.3 is 4.74 Å².